The van der Waals surface area contributed by atoms with Gasteiger partial charge in [-0.1, -0.05) is 6.07 Å². The van der Waals surface area contributed by atoms with Crippen LogP contribution in [0.1, 0.15) is 23.2 Å². The minimum absolute atomic E-state index is 0.417. The second-order valence-corrected chi connectivity index (χ2v) is 4.60. The Kier molecular flexibility index (Phi) is 3.11. The first-order valence-corrected chi connectivity index (χ1v) is 6.24. The maximum absolute atomic E-state index is 13.1. The molecule has 0 saturated carbocycles. The summed E-state index contributed by atoms with van der Waals surface area (Å²) in [5.41, 5.74) is 2.91. The van der Waals surface area contributed by atoms with Gasteiger partial charge in [0.1, 0.15) is 12.1 Å². The Morgan fingerprint density at radius 2 is 2.00 bits per heavy atom. The molecule has 0 unspecified atom stereocenters. The number of benzene rings is 1. The van der Waals surface area contributed by atoms with E-state index in [0.29, 0.717) is 12.1 Å². The van der Waals surface area contributed by atoms with Gasteiger partial charge in [-0.3, -0.25) is 0 Å². The van der Waals surface area contributed by atoms with Crippen LogP contribution in [0.25, 0.3) is 0 Å². The van der Waals surface area contributed by atoms with Gasteiger partial charge in [-0.05, 0) is 37.0 Å². The molecule has 0 spiro atoms. The van der Waals surface area contributed by atoms with Gasteiger partial charge in [0.15, 0.2) is 11.6 Å². The second kappa shape index (κ2) is 4.91. The molecule has 0 aliphatic heterocycles. The highest BCUT2D eigenvalue weighted by Crippen LogP contribution is 2.25. The van der Waals surface area contributed by atoms with Crippen LogP contribution in [-0.2, 0) is 19.4 Å². The Balaban J connectivity index is 1.76. The highest BCUT2D eigenvalue weighted by molar-refractivity contribution is 5.48. The summed E-state index contributed by atoms with van der Waals surface area (Å²) in [6.07, 6.45) is 4.58. The summed E-state index contributed by atoms with van der Waals surface area (Å²) >= 11 is 0. The lowest BCUT2D eigenvalue weighted by atomic mass is 10.2. The van der Waals surface area contributed by atoms with Gasteiger partial charge in [0.05, 0.1) is 0 Å². The first-order valence-electron chi connectivity index (χ1n) is 6.24. The highest BCUT2D eigenvalue weighted by Gasteiger charge is 2.16. The number of aryl methyl sites for hydroxylation is 1. The number of halogens is 2. The Hall–Kier alpha value is -2.04. The lowest BCUT2D eigenvalue weighted by molar-refractivity contribution is 0.507. The maximum atomic E-state index is 13.1. The fraction of sp³-hybridized carbons (Fsp3) is 0.286. The molecule has 0 saturated heterocycles. The van der Waals surface area contributed by atoms with Crippen LogP contribution in [0.3, 0.4) is 0 Å². The molecule has 0 bridgehead atoms. The van der Waals surface area contributed by atoms with Crippen molar-refractivity contribution in [1.29, 1.82) is 0 Å². The Morgan fingerprint density at radius 3 is 2.84 bits per heavy atom. The van der Waals surface area contributed by atoms with E-state index in [4.69, 9.17) is 0 Å². The minimum atomic E-state index is -0.827. The molecule has 0 atom stereocenters. The molecule has 2 aromatic rings. The third-order valence-electron chi connectivity index (χ3n) is 3.32. The standard InChI is InChI=1S/C14H13F2N3/c15-11-5-4-9(6-12(11)16)7-17-14-10-2-1-3-13(10)18-8-19-14/h4-6,8H,1-3,7H2,(H,17,18,19). The van der Waals surface area contributed by atoms with E-state index in [9.17, 15) is 8.78 Å². The minimum Gasteiger partial charge on any atom is -0.366 e. The molecule has 1 aromatic heterocycles. The van der Waals surface area contributed by atoms with Crippen molar-refractivity contribution in [2.45, 2.75) is 25.8 Å². The van der Waals surface area contributed by atoms with E-state index in [1.165, 1.54) is 12.4 Å². The van der Waals surface area contributed by atoms with Gasteiger partial charge >= 0.3 is 0 Å². The third kappa shape index (κ3) is 2.41. The molecule has 1 aliphatic carbocycles. The maximum Gasteiger partial charge on any atom is 0.159 e. The number of nitrogens with zero attached hydrogens (tertiary/aromatic N) is 2. The third-order valence-corrected chi connectivity index (χ3v) is 3.32. The van der Waals surface area contributed by atoms with E-state index in [1.54, 1.807) is 6.07 Å². The smallest absolute Gasteiger partial charge is 0.159 e. The lowest BCUT2D eigenvalue weighted by Crippen LogP contribution is -2.06. The van der Waals surface area contributed by atoms with Crippen molar-refractivity contribution < 1.29 is 8.78 Å². The first-order chi connectivity index (χ1) is 9.24. The number of rotatable bonds is 3. The number of hydrogen-bond donors (Lipinski definition) is 1. The van der Waals surface area contributed by atoms with E-state index < -0.39 is 11.6 Å². The number of anilines is 1. The van der Waals surface area contributed by atoms with Gasteiger partial charge in [-0.25, -0.2) is 18.7 Å². The number of aromatic nitrogens is 2. The number of hydrogen-bond acceptors (Lipinski definition) is 3. The van der Waals surface area contributed by atoms with Gasteiger partial charge in [0, 0.05) is 17.8 Å². The van der Waals surface area contributed by atoms with Crippen LogP contribution in [0.4, 0.5) is 14.6 Å². The molecule has 3 rings (SSSR count). The van der Waals surface area contributed by atoms with Crippen LogP contribution < -0.4 is 5.32 Å². The van der Waals surface area contributed by atoms with E-state index in [2.05, 4.69) is 15.3 Å². The van der Waals surface area contributed by atoms with Crippen LogP contribution >= 0.6 is 0 Å². The van der Waals surface area contributed by atoms with Gasteiger partial charge < -0.3 is 5.32 Å². The first kappa shape index (κ1) is 12.0. The van der Waals surface area contributed by atoms with Crippen molar-refractivity contribution in [2.75, 3.05) is 5.32 Å². The zero-order valence-corrected chi connectivity index (χ0v) is 10.3. The van der Waals surface area contributed by atoms with Crippen molar-refractivity contribution in [3.05, 3.63) is 53.0 Å². The monoisotopic (exact) mass is 261 g/mol. The van der Waals surface area contributed by atoms with Crippen molar-refractivity contribution in [3.63, 3.8) is 0 Å². The van der Waals surface area contributed by atoms with Gasteiger partial charge in [-0.15, -0.1) is 0 Å². The quantitative estimate of drug-likeness (QED) is 0.923. The summed E-state index contributed by atoms with van der Waals surface area (Å²) in [6.45, 7) is 0.417. The van der Waals surface area contributed by atoms with Crippen molar-refractivity contribution in [3.8, 4) is 0 Å². The summed E-state index contributed by atoms with van der Waals surface area (Å²) in [4.78, 5) is 8.46. The molecule has 0 radical (unpaired) electrons. The van der Waals surface area contributed by atoms with E-state index in [1.807, 2.05) is 0 Å². The molecule has 3 nitrogen and oxygen atoms in total. The summed E-state index contributed by atoms with van der Waals surface area (Å²) in [6, 6.07) is 3.90. The fourth-order valence-electron chi connectivity index (χ4n) is 2.35. The predicted octanol–water partition coefficient (Wildman–Crippen LogP) is 2.86. The Labute approximate surface area is 109 Å². The molecule has 1 aliphatic rings. The van der Waals surface area contributed by atoms with Gasteiger partial charge in [0.25, 0.3) is 0 Å². The molecule has 1 heterocycles. The summed E-state index contributed by atoms with van der Waals surface area (Å²) in [7, 11) is 0. The predicted molar refractivity (Wildman–Crippen MR) is 67.7 cm³/mol. The van der Waals surface area contributed by atoms with Crippen LogP contribution in [0.15, 0.2) is 24.5 Å². The molecular weight excluding hydrogens is 248 g/mol. The van der Waals surface area contributed by atoms with Crippen LogP contribution in [0.5, 0.6) is 0 Å². The highest BCUT2D eigenvalue weighted by atomic mass is 19.2. The Morgan fingerprint density at radius 1 is 1.11 bits per heavy atom. The molecule has 1 N–H and O–H groups in total. The summed E-state index contributed by atoms with van der Waals surface area (Å²) < 4.78 is 25.9. The number of nitrogens with one attached hydrogen (secondary N) is 1. The molecule has 19 heavy (non-hydrogen) atoms. The molecule has 0 amide bonds. The number of fused-ring (bicyclic) bond motifs is 1. The van der Waals surface area contributed by atoms with Gasteiger partial charge in [-0.2, -0.15) is 0 Å². The van der Waals surface area contributed by atoms with Crippen LogP contribution in [-0.4, -0.2) is 9.97 Å². The van der Waals surface area contributed by atoms with Crippen LogP contribution in [0, 0.1) is 11.6 Å². The Bertz CT molecular complexity index is 614. The van der Waals surface area contributed by atoms with E-state index in [-0.39, 0.29) is 0 Å². The zero-order chi connectivity index (χ0) is 13.2. The second-order valence-electron chi connectivity index (χ2n) is 4.60. The molecular formula is C14H13F2N3. The fourth-order valence-corrected chi connectivity index (χ4v) is 2.35. The van der Waals surface area contributed by atoms with Crippen molar-refractivity contribution >= 4 is 5.82 Å². The molecule has 0 fully saturated rings. The molecule has 98 valence electrons. The van der Waals surface area contributed by atoms with E-state index >= 15 is 0 Å². The SMILES string of the molecule is Fc1ccc(CNc2ncnc3c2CCC3)cc1F. The van der Waals surface area contributed by atoms with Crippen molar-refractivity contribution in [1.82, 2.24) is 9.97 Å². The summed E-state index contributed by atoms with van der Waals surface area (Å²) in [5.74, 6) is -0.855. The average molecular weight is 261 g/mol. The average Bonchev–Trinajstić information content (AvgIpc) is 2.89. The molecule has 1 aromatic carbocycles. The summed E-state index contributed by atoms with van der Waals surface area (Å²) in [5, 5.41) is 3.17. The topological polar surface area (TPSA) is 37.8 Å². The normalized spacial score (nSPS) is 13.4. The van der Waals surface area contributed by atoms with Crippen LogP contribution in [0.2, 0.25) is 0 Å². The van der Waals surface area contributed by atoms with Gasteiger partial charge in [0.2, 0.25) is 0 Å². The van der Waals surface area contributed by atoms with Crippen molar-refractivity contribution in [2.24, 2.45) is 0 Å². The van der Waals surface area contributed by atoms with E-state index in [0.717, 1.165) is 42.4 Å². The zero-order valence-electron chi connectivity index (χ0n) is 10.3. The largest absolute Gasteiger partial charge is 0.366 e. The lowest BCUT2D eigenvalue weighted by Gasteiger charge is -2.09. The molecule has 5 heteroatoms.